The number of hydrogen-bond acceptors (Lipinski definition) is 2. The molecule has 0 unspecified atom stereocenters. The Labute approximate surface area is 127 Å². The van der Waals surface area contributed by atoms with Crippen LogP contribution in [0.15, 0.2) is 36.4 Å². The second kappa shape index (κ2) is 6.76. The molecule has 2 nitrogen and oxygen atoms in total. The number of methoxy groups -OCH3 is 1. The van der Waals surface area contributed by atoms with Gasteiger partial charge in [0, 0.05) is 25.0 Å². The molecule has 2 rings (SSSR count). The van der Waals surface area contributed by atoms with Crippen LogP contribution in [0.2, 0.25) is 0 Å². The standard InChI is InChI=1S/C16H16ClF2NO/c1-20(10-12-5-3-4-6-15(12)21-2)16-13(18)7-11(9-17)8-14(16)19/h3-8H,9-10H2,1-2H3. The molecule has 112 valence electrons. The van der Waals surface area contributed by atoms with Gasteiger partial charge in [-0.05, 0) is 23.8 Å². The van der Waals surface area contributed by atoms with Gasteiger partial charge in [-0.1, -0.05) is 18.2 Å². The Kier molecular flexibility index (Phi) is 5.02. The van der Waals surface area contributed by atoms with Crippen molar-refractivity contribution in [3.63, 3.8) is 0 Å². The van der Waals surface area contributed by atoms with E-state index in [4.69, 9.17) is 16.3 Å². The number of rotatable bonds is 5. The van der Waals surface area contributed by atoms with Crippen molar-refractivity contribution in [3.8, 4) is 5.75 Å². The van der Waals surface area contributed by atoms with Gasteiger partial charge in [0.2, 0.25) is 0 Å². The molecular weight excluding hydrogens is 296 g/mol. The lowest BCUT2D eigenvalue weighted by atomic mass is 10.1. The molecular formula is C16H16ClF2NO. The third-order valence-corrected chi connectivity index (χ3v) is 3.52. The number of halogens is 3. The Bertz CT molecular complexity index is 610. The van der Waals surface area contributed by atoms with Gasteiger partial charge in [-0.25, -0.2) is 8.78 Å². The molecule has 0 saturated heterocycles. The first kappa shape index (κ1) is 15.6. The van der Waals surface area contributed by atoms with Gasteiger partial charge in [-0.2, -0.15) is 0 Å². The SMILES string of the molecule is COc1ccccc1CN(C)c1c(F)cc(CCl)cc1F. The lowest BCUT2D eigenvalue weighted by Gasteiger charge is -2.22. The molecule has 0 spiro atoms. The maximum absolute atomic E-state index is 14.1. The lowest BCUT2D eigenvalue weighted by Crippen LogP contribution is -2.20. The maximum Gasteiger partial charge on any atom is 0.149 e. The zero-order valence-corrected chi connectivity index (χ0v) is 12.6. The van der Waals surface area contributed by atoms with Crippen LogP contribution in [0.25, 0.3) is 0 Å². The normalized spacial score (nSPS) is 10.5. The Hall–Kier alpha value is -1.81. The molecule has 0 heterocycles. The van der Waals surface area contributed by atoms with Crippen molar-refractivity contribution in [1.29, 1.82) is 0 Å². The van der Waals surface area contributed by atoms with E-state index in [0.717, 1.165) is 5.56 Å². The topological polar surface area (TPSA) is 12.5 Å². The predicted octanol–water partition coefficient (Wildman–Crippen LogP) is 4.35. The number of ether oxygens (including phenoxy) is 1. The molecule has 0 aliphatic carbocycles. The molecule has 0 aromatic heterocycles. The van der Waals surface area contributed by atoms with Crippen molar-refractivity contribution in [2.45, 2.75) is 12.4 Å². The number of para-hydroxylation sites is 1. The fourth-order valence-corrected chi connectivity index (χ4v) is 2.38. The summed E-state index contributed by atoms with van der Waals surface area (Å²) < 4.78 is 33.4. The predicted molar refractivity (Wildman–Crippen MR) is 81.0 cm³/mol. The molecule has 0 atom stereocenters. The summed E-state index contributed by atoms with van der Waals surface area (Å²) in [5, 5.41) is 0. The van der Waals surface area contributed by atoms with Crippen molar-refractivity contribution >= 4 is 17.3 Å². The minimum atomic E-state index is -0.622. The average molecular weight is 312 g/mol. The molecule has 5 heteroatoms. The van der Waals surface area contributed by atoms with Gasteiger partial charge in [-0.3, -0.25) is 0 Å². The molecule has 0 N–H and O–H groups in total. The Morgan fingerprint density at radius 3 is 2.33 bits per heavy atom. The minimum absolute atomic E-state index is 0.0738. The molecule has 0 aliphatic heterocycles. The Balaban J connectivity index is 2.30. The van der Waals surface area contributed by atoms with Gasteiger partial charge < -0.3 is 9.64 Å². The largest absolute Gasteiger partial charge is 0.496 e. The Morgan fingerprint density at radius 2 is 1.76 bits per heavy atom. The minimum Gasteiger partial charge on any atom is -0.496 e. The highest BCUT2D eigenvalue weighted by atomic mass is 35.5. The highest BCUT2D eigenvalue weighted by Crippen LogP contribution is 2.28. The van der Waals surface area contributed by atoms with Crippen LogP contribution in [0, 0.1) is 11.6 Å². The van der Waals surface area contributed by atoms with Crippen molar-refractivity contribution in [3.05, 3.63) is 59.2 Å². The lowest BCUT2D eigenvalue weighted by molar-refractivity contribution is 0.409. The third kappa shape index (κ3) is 3.45. The first-order valence-electron chi connectivity index (χ1n) is 6.43. The summed E-state index contributed by atoms with van der Waals surface area (Å²) >= 11 is 5.61. The zero-order chi connectivity index (χ0) is 15.4. The van der Waals surface area contributed by atoms with Crippen molar-refractivity contribution in [1.82, 2.24) is 0 Å². The number of benzene rings is 2. The molecule has 2 aromatic rings. The van der Waals surface area contributed by atoms with Gasteiger partial charge >= 0.3 is 0 Å². The van der Waals surface area contributed by atoms with E-state index in [9.17, 15) is 8.78 Å². The van der Waals surface area contributed by atoms with E-state index in [2.05, 4.69) is 0 Å². The van der Waals surface area contributed by atoms with E-state index in [1.54, 1.807) is 14.2 Å². The van der Waals surface area contributed by atoms with Gasteiger partial charge in [-0.15, -0.1) is 11.6 Å². The van der Waals surface area contributed by atoms with Gasteiger partial charge in [0.15, 0.2) is 0 Å². The van der Waals surface area contributed by atoms with E-state index in [-0.39, 0.29) is 11.6 Å². The second-order valence-corrected chi connectivity index (χ2v) is 4.98. The highest BCUT2D eigenvalue weighted by Gasteiger charge is 2.16. The number of hydrogen-bond donors (Lipinski definition) is 0. The fraction of sp³-hybridized carbons (Fsp3) is 0.250. The van der Waals surface area contributed by atoms with Crippen LogP contribution >= 0.6 is 11.6 Å². The van der Waals surface area contributed by atoms with E-state index in [1.807, 2.05) is 24.3 Å². The molecule has 0 fully saturated rings. The number of nitrogens with zero attached hydrogens (tertiary/aromatic N) is 1. The van der Waals surface area contributed by atoms with Gasteiger partial charge in [0.05, 0.1) is 7.11 Å². The van der Waals surface area contributed by atoms with Crippen LogP contribution in [0.3, 0.4) is 0 Å². The van der Waals surface area contributed by atoms with E-state index in [1.165, 1.54) is 17.0 Å². The van der Waals surface area contributed by atoms with Crippen LogP contribution in [0.4, 0.5) is 14.5 Å². The Morgan fingerprint density at radius 1 is 1.14 bits per heavy atom. The van der Waals surface area contributed by atoms with Crippen molar-refractivity contribution in [2.24, 2.45) is 0 Å². The average Bonchev–Trinajstić information content (AvgIpc) is 2.46. The van der Waals surface area contributed by atoms with E-state index < -0.39 is 11.6 Å². The summed E-state index contributed by atoms with van der Waals surface area (Å²) in [5.41, 5.74) is 1.19. The zero-order valence-electron chi connectivity index (χ0n) is 11.9. The quantitative estimate of drug-likeness (QED) is 0.761. The van der Waals surface area contributed by atoms with Crippen LogP contribution in [0.5, 0.6) is 5.75 Å². The van der Waals surface area contributed by atoms with Crippen LogP contribution in [-0.2, 0) is 12.4 Å². The summed E-state index contributed by atoms with van der Waals surface area (Å²) in [6.45, 7) is 0.331. The highest BCUT2D eigenvalue weighted by molar-refractivity contribution is 6.17. The third-order valence-electron chi connectivity index (χ3n) is 3.21. The van der Waals surface area contributed by atoms with Crippen LogP contribution in [0.1, 0.15) is 11.1 Å². The monoisotopic (exact) mass is 311 g/mol. The van der Waals surface area contributed by atoms with Gasteiger partial charge in [0.1, 0.15) is 23.1 Å². The summed E-state index contributed by atoms with van der Waals surface area (Å²) in [4.78, 5) is 1.51. The van der Waals surface area contributed by atoms with Gasteiger partial charge in [0.25, 0.3) is 0 Å². The molecule has 0 amide bonds. The molecule has 0 aliphatic rings. The van der Waals surface area contributed by atoms with Crippen molar-refractivity contribution in [2.75, 3.05) is 19.1 Å². The van der Waals surface area contributed by atoms with Crippen LogP contribution < -0.4 is 9.64 Å². The first-order chi connectivity index (χ1) is 10.1. The van der Waals surface area contributed by atoms with E-state index in [0.29, 0.717) is 17.9 Å². The number of alkyl halides is 1. The molecule has 2 aromatic carbocycles. The molecule has 0 bridgehead atoms. The first-order valence-corrected chi connectivity index (χ1v) is 6.97. The fourth-order valence-electron chi connectivity index (χ4n) is 2.23. The summed E-state index contributed by atoms with van der Waals surface area (Å²) in [7, 11) is 3.20. The summed E-state index contributed by atoms with van der Waals surface area (Å²) in [5.74, 6) is -0.488. The number of anilines is 1. The van der Waals surface area contributed by atoms with Crippen molar-refractivity contribution < 1.29 is 13.5 Å². The maximum atomic E-state index is 14.1. The van der Waals surface area contributed by atoms with Crippen LogP contribution in [-0.4, -0.2) is 14.2 Å². The smallest absolute Gasteiger partial charge is 0.149 e. The molecule has 0 saturated carbocycles. The molecule has 0 radical (unpaired) electrons. The summed E-state index contributed by atoms with van der Waals surface area (Å²) in [6.07, 6.45) is 0. The van der Waals surface area contributed by atoms with E-state index >= 15 is 0 Å². The molecule has 21 heavy (non-hydrogen) atoms. The second-order valence-electron chi connectivity index (χ2n) is 4.71. The summed E-state index contributed by atoms with van der Waals surface area (Å²) in [6, 6.07) is 9.88.